The van der Waals surface area contributed by atoms with Gasteiger partial charge in [0, 0.05) is 18.2 Å². The highest BCUT2D eigenvalue weighted by molar-refractivity contribution is 5.58. The summed E-state index contributed by atoms with van der Waals surface area (Å²) >= 11 is 0. The van der Waals surface area contributed by atoms with Gasteiger partial charge in [0.2, 0.25) is 0 Å². The summed E-state index contributed by atoms with van der Waals surface area (Å²) in [6.07, 6.45) is 3.98. The standard InChI is InChI=1S/C14H14N2O/c1-9-6-11(3-2-10(9)8-15)16-12-4-5-14(7-12)13(16)17-14/h2-3,6,12-13H,4-5,7H2,1H3. The van der Waals surface area contributed by atoms with Gasteiger partial charge in [-0.1, -0.05) is 0 Å². The summed E-state index contributed by atoms with van der Waals surface area (Å²) < 4.78 is 5.86. The van der Waals surface area contributed by atoms with Crippen LogP contribution < -0.4 is 4.90 Å². The molecule has 4 rings (SSSR count). The third-order valence-electron chi connectivity index (χ3n) is 4.50. The summed E-state index contributed by atoms with van der Waals surface area (Å²) in [4.78, 5) is 2.41. The van der Waals surface area contributed by atoms with Crippen molar-refractivity contribution in [3.05, 3.63) is 29.3 Å². The van der Waals surface area contributed by atoms with Gasteiger partial charge in [-0.05, 0) is 43.5 Å². The summed E-state index contributed by atoms with van der Waals surface area (Å²) in [5, 5.41) is 8.95. The molecule has 3 heteroatoms. The molecular formula is C14H14N2O. The highest BCUT2D eigenvalue weighted by atomic mass is 16.6. The van der Waals surface area contributed by atoms with Crippen LogP contribution in [0.5, 0.6) is 0 Å². The Kier molecular flexibility index (Phi) is 1.58. The van der Waals surface area contributed by atoms with Crippen molar-refractivity contribution in [3.8, 4) is 6.07 Å². The zero-order valence-electron chi connectivity index (χ0n) is 9.81. The van der Waals surface area contributed by atoms with Crippen molar-refractivity contribution < 1.29 is 4.74 Å². The predicted octanol–water partition coefficient (Wildman–Crippen LogP) is 2.33. The topological polar surface area (TPSA) is 39.6 Å². The van der Waals surface area contributed by atoms with E-state index in [9.17, 15) is 0 Å². The molecule has 0 aromatic heterocycles. The van der Waals surface area contributed by atoms with E-state index >= 15 is 0 Å². The lowest BCUT2D eigenvalue weighted by atomic mass is 10.1. The first-order chi connectivity index (χ1) is 8.23. The summed E-state index contributed by atoms with van der Waals surface area (Å²) in [7, 11) is 0. The summed E-state index contributed by atoms with van der Waals surface area (Å²) in [5.41, 5.74) is 3.24. The fourth-order valence-corrected chi connectivity index (χ4v) is 3.55. The molecule has 17 heavy (non-hydrogen) atoms. The second kappa shape index (κ2) is 2.83. The van der Waals surface area contributed by atoms with E-state index in [0.717, 1.165) is 11.1 Å². The third-order valence-corrected chi connectivity index (χ3v) is 4.50. The molecule has 2 bridgehead atoms. The molecule has 0 N–H and O–H groups in total. The van der Waals surface area contributed by atoms with Crippen LogP contribution in [0.15, 0.2) is 18.2 Å². The summed E-state index contributed by atoms with van der Waals surface area (Å²) in [5.74, 6) is 0. The Labute approximate surface area is 101 Å². The van der Waals surface area contributed by atoms with E-state index in [4.69, 9.17) is 10.00 Å². The van der Waals surface area contributed by atoms with Crippen molar-refractivity contribution in [2.45, 2.75) is 44.1 Å². The second-order valence-electron chi connectivity index (χ2n) is 5.45. The molecule has 3 nitrogen and oxygen atoms in total. The van der Waals surface area contributed by atoms with Crippen molar-refractivity contribution in [3.63, 3.8) is 0 Å². The van der Waals surface area contributed by atoms with Gasteiger partial charge in [0.1, 0.15) is 5.60 Å². The number of epoxide rings is 1. The molecule has 1 aromatic rings. The quantitative estimate of drug-likeness (QED) is 0.690. The number of nitrogens with zero attached hydrogens (tertiary/aromatic N) is 2. The molecule has 1 aliphatic carbocycles. The lowest BCUT2D eigenvalue weighted by Crippen LogP contribution is -2.34. The molecule has 3 aliphatic rings. The minimum atomic E-state index is 0.201. The van der Waals surface area contributed by atoms with Crippen molar-refractivity contribution in [1.29, 1.82) is 5.26 Å². The van der Waals surface area contributed by atoms with E-state index in [0.29, 0.717) is 12.3 Å². The number of anilines is 1. The van der Waals surface area contributed by atoms with E-state index in [1.54, 1.807) is 0 Å². The second-order valence-corrected chi connectivity index (χ2v) is 5.45. The molecule has 2 heterocycles. The molecule has 2 saturated heterocycles. The van der Waals surface area contributed by atoms with Crippen LogP contribution in [0, 0.1) is 18.3 Å². The number of hydrogen-bond donors (Lipinski definition) is 0. The minimum absolute atomic E-state index is 0.201. The Balaban J connectivity index is 1.73. The Morgan fingerprint density at radius 3 is 3.06 bits per heavy atom. The van der Waals surface area contributed by atoms with Crippen LogP contribution in [0.3, 0.4) is 0 Å². The van der Waals surface area contributed by atoms with Gasteiger partial charge < -0.3 is 9.64 Å². The van der Waals surface area contributed by atoms with E-state index < -0.39 is 0 Å². The average Bonchev–Trinajstić information content (AvgIpc) is 2.76. The molecule has 3 atom stereocenters. The molecule has 2 aliphatic heterocycles. The van der Waals surface area contributed by atoms with E-state index in [1.807, 2.05) is 13.0 Å². The fraction of sp³-hybridized carbons (Fsp3) is 0.500. The van der Waals surface area contributed by atoms with Gasteiger partial charge in [-0.2, -0.15) is 5.26 Å². The molecule has 86 valence electrons. The molecule has 0 radical (unpaired) electrons. The van der Waals surface area contributed by atoms with Crippen LogP contribution in [0.2, 0.25) is 0 Å². The number of rotatable bonds is 1. The maximum atomic E-state index is 8.95. The number of hydrogen-bond acceptors (Lipinski definition) is 3. The Morgan fingerprint density at radius 2 is 2.41 bits per heavy atom. The zero-order chi connectivity index (χ0) is 11.6. The van der Waals surface area contributed by atoms with Crippen LogP contribution in [-0.2, 0) is 4.74 Å². The highest BCUT2D eigenvalue weighted by Crippen LogP contribution is 2.60. The first-order valence-corrected chi connectivity index (χ1v) is 6.20. The largest absolute Gasteiger partial charge is 0.344 e. The van der Waals surface area contributed by atoms with E-state index in [-0.39, 0.29) is 5.60 Å². The number of benzene rings is 1. The Hall–Kier alpha value is -1.53. The number of piperidine rings is 1. The molecular weight excluding hydrogens is 212 g/mol. The highest BCUT2D eigenvalue weighted by Gasteiger charge is 2.70. The number of fused-ring (bicyclic) bond motifs is 1. The maximum absolute atomic E-state index is 8.95. The van der Waals surface area contributed by atoms with Crippen LogP contribution in [0.25, 0.3) is 0 Å². The first kappa shape index (κ1) is 9.49. The average molecular weight is 226 g/mol. The Morgan fingerprint density at radius 1 is 1.53 bits per heavy atom. The lowest BCUT2D eigenvalue weighted by Gasteiger charge is -2.28. The van der Waals surface area contributed by atoms with Crippen molar-refractivity contribution in [2.75, 3.05) is 4.90 Å². The molecule has 1 aromatic carbocycles. The van der Waals surface area contributed by atoms with Crippen LogP contribution in [0.1, 0.15) is 30.4 Å². The molecule has 0 amide bonds. The van der Waals surface area contributed by atoms with Crippen molar-refractivity contribution in [2.24, 2.45) is 0 Å². The van der Waals surface area contributed by atoms with Gasteiger partial charge in [0.15, 0.2) is 6.23 Å². The molecule has 1 spiro atoms. The van der Waals surface area contributed by atoms with Gasteiger partial charge >= 0.3 is 0 Å². The van der Waals surface area contributed by atoms with Gasteiger partial charge in [0.05, 0.1) is 11.6 Å². The summed E-state index contributed by atoms with van der Waals surface area (Å²) in [6.45, 7) is 2.00. The normalized spacial score (nSPS) is 36.8. The van der Waals surface area contributed by atoms with Crippen molar-refractivity contribution >= 4 is 5.69 Å². The SMILES string of the molecule is Cc1cc(N2C3CCC4(C3)OC24)ccc1C#N. The van der Waals surface area contributed by atoms with E-state index in [1.165, 1.54) is 24.9 Å². The van der Waals surface area contributed by atoms with Crippen LogP contribution in [-0.4, -0.2) is 17.9 Å². The monoisotopic (exact) mass is 226 g/mol. The van der Waals surface area contributed by atoms with Gasteiger partial charge in [-0.25, -0.2) is 0 Å². The number of aryl methyl sites for hydroxylation is 1. The third kappa shape index (κ3) is 1.09. The molecule has 1 saturated carbocycles. The van der Waals surface area contributed by atoms with Crippen molar-refractivity contribution in [1.82, 2.24) is 0 Å². The van der Waals surface area contributed by atoms with Gasteiger partial charge in [0.25, 0.3) is 0 Å². The first-order valence-electron chi connectivity index (χ1n) is 6.20. The Bertz CT molecular complexity index is 544. The molecule has 3 fully saturated rings. The number of nitriles is 1. The smallest absolute Gasteiger partial charge is 0.160 e. The number of ether oxygens (including phenoxy) is 1. The summed E-state index contributed by atoms with van der Waals surface area (Å²) in [6, 6.07) is 8.97. The van der Waals surface area contributed by atoms with Crippen LogP contribution >= 0.6 is 0 Å². The maximum Gasteiger partial charge on any atom is 0.160 e. The van der Waals surface area contributed by atoms with Gasteiger partial charge in [-0.3, -0.25) is 0 Å². The van der Waals surface area contributed by atoms with Gasteiger partial charge in [-0.15, -0.1) is 0 Å². The fourth-order valence-electron chi connectivity index (χ4n) is 3.55. The van der Waals surface area contributed by atoms with E-state index in [2.05, 4.69) is 23.1 Å². The minimum Gasteiger partial charge on any atom is -0.344 e. The molecule has 3 unspecified atom stereocenters. The lowest BCUT2D eigenvalue weighted by molar-refractivity contribution is 0.274. The predicted molar refractivity (Wildman–Crippen MR) is 63.6 cm³/mol. The van der Waals surface area contributed by atoms with Crippen LogP contribution in [0.4, 0.5) is 5.69 Å². The zero-order valence-corrected chi connectivity index (χ0v) is 9.81.